The summed E-state index contributed by atoms with van der Waals surface area (Å²) in [6.07, 6.45) is 1.12. The van der Waals surface area contributed by atoms with Crippen LogP contribution in [0.15, 0.2) is 48.5 Å². The minimum atomic E-state index is 0.298. The monoisotopic (exact) mass is 251 g/mol. The standard InChI is InChI=1S/C18H21N/c1-18(2,3)17-12-15-11-14(9-10-16(15)19-17)13-7-5-4-6-8-13/h4-11,17,19H,12H2,1-3H3. The lowest BCUT2D eigenvalue weighted by Crippen LogP contribution is -2.31. The highest BCUT2D eigenvalue weighted by atomic mass is 15.0. The molecule has 0 bridgehead atoms. The number of benzene rings is 2. The van der Waals surface area contributed by atoms with E-state index in [0.29, 0.717) is 11.5 Å². The van der Waals surface area contributed by atoms with Gasteiger partial charge in [0.2, 0.25) is 0 Å². The highest BCUT2D eigenvalue weighted by Gasteiger charge is 2.30. The van der Waals surface area contributed by atoms with Crippen LogP contribution in [-0.2, 0) is 6.42 Å². The molecule has 1 unspecified atom stereocenters. The molecule has 1 heteroatoms. The summed E-state index contributed by atoms with van der Waals surface area (Å²) < 4.78 is 0. The molecule has 2 aromatic carbocycles. The van der Waals surface area contributed by atoms with Crippen molar-refractivity contribution in [3.8, 4) is 11.1 Å². The minimum absolute atomic E-state index is 0.298. The molecule has 1 aliphatic heterocycles. The lowest BCUT2D eigenvalue weighted by atomic mass is 9.85. The van der Waals surface area contributed by atoms with Crippen LogP contribution in [0.25, 0.3) is 11.1 Å². The Morgan fingerprint density at radius 1 is 0.947 bits per heavy atom. The highest BCUT2D eigenvalue weighted by Crippen LogP contribution is 2.36. The predicted octanol–water partition coefficient (Wildman–Crippen LogP) is 4.74. The van der Waals surface area contributed by atoms with E-state index in [4.69, 9.17) is 0 Å². The Bertz CT molecular complexity index is 578. The molecule has 0 amide bonds. The highest BCUT2D eigenvalue weighted by molar-refractivity contribution is 5.70. The third kappa shape index (κ3) is 2.37. The molecule has 0 spiro atoms. The molecule has 1 aliphatic rings. The van der Waals surface area contributed by atoms with Gasteiger partial charge in [-0.25, -0.2) is 0 Å². The topological polar surface area (TPSA) is 12.0 Å². The maximum atomic E-state index is 3.65. The van der Waals surface area contributed by atoms with Gasteiger partial charge < -0.3 is 5.32 Å². The summed E-state index contributed by atoms with van der Waals surface area (Å²) in [6, 6.07) is 17.9. The molecule has 0 saturated heterocycles. The Morgan fingerprint density at radius 3 is 2.37 bits per heavy atom. The average Bonchev–Trinajstić information content (AvgIpc) is 2.82. The molecule has 98 valence electrons. The summed E-state index contributed by atoms with van der Waals surface area (Å²) in [4.78, 5) is 0. The second-order valence-corrected chi connectivity index (χ2v) is 6.51. The summed E-state index contributed by atoms with van der Waals surface area (Å²) >= 11 is 0. The summed E-state index contributed by atoms with van der Waals surface area (Å²) in [7, 11) is 0. The van der Waals surface area contributed by atoms with Crippen molar-refractivity contribution >= 4 is 5.69 Å². The first-order valence-electron chi connectivity index (χ1n) is 6.99. The van der Waals surface area contributed by atoms with E-state index in [1.165, 1.54) is 22.4 Å². The first kappa shape index (κ1) is 12.3. The number of anilines is 1. The molecule has 0 aromatic heterocycles. The number of nitrogens with one attached hydrogen (secondary N) is 1. The summed E-state index contributed by atoms with van der Waals surface area (Å²) in [5.41, 5.74) is 5.66. The van der Waals surface area contributed by atoms with E-state index < -0.39 is 0 Å². The first-order chi connectivity index (χ1) is 9.04. The Kier molecular flexibility index (Phi) is 2.85. The maximum absolute atomic E-state index is 3.65. The van der Waals surface area contributed by atoms with Crippen LogP contribution < -0.4 is 5.32 Å². The molecule has 3 rings (SSSR count). The van der Waals surface area contributed by atoms with Crippen molar-refractivity contribution in [1.29, 1.82) is 0 Å². The van der Waals surface area contributed by atoms with Crippen LogP contribution in [-0.4, -0.2) is 6.04 Å². The van der Waals surface area contributed by atoms with Crippen LogP contribution in [0.2, 0.25) is 0 Å². The molecule has 0 aliphatic carbocycles. The maximum Gasteiger partial charge on any atom is 0.0376 e. The van der Waals surface area contributed by atoms with Crippen LogP contribution >= 0.6 is 0 Å². The quantitative estimate of drug-likeness (QED) is 0.772. The van der Waals surface area contributed by atoms with Crippen LogP contribution in [0.5, 0.6) is 0 Å². The molecular formula is C18H21N. The fourth-order valence-corrected chi connectivity index (χ4v) is 2.69. The molecule has 19 heavy (non-hydrogen) atoms. The van der Waals surface area contributed by atoms with Crippen molar-refractivity contribution in [3.63, 3.8) is 0 Å². The van der Waals surface area contributed by atoms with Gasteiger partial charge in [-0.15, -0.1) is 0 Å². The number of hydrogen-bond donors (Lipinski definition) is 1. The van der Waals surface area contributed by atoms with E-state index in [2.05, 4.69) is 74.6 Å². The van der Waals surface area contributed by atoms with Gasteiger partial charge in [-0.2, -0.15) is 0 Å². The Hall–Kier alpha value is -1.76. The zero-order valence-electron chi connectivity index (χ0n) is 11.9. The first-order valence-corrected chi connectivity index (χ1v) is 6.99. The largest absolute Gasteiger partial charge is 0.381 e. The summed E-state index contributed by atoms with van der Waals surface area (Å²) in [5, 5.41) is 3.65. The van der Waals surface area contributed by atoms with Gasteiger partial charge in [0.15, 0.2) is 0 Å². The Labute approximate surface area is 115 Å². The number of rotatable bonds is 1. The molecule has 2 aromatic rings. The predicted molar refractivity (Wildman–Crippen MR) is 82.4 cm³/mol. The number of fused-ring (bicyclic) bond motifs is 1. The SMILES string of the molecule is CC(C)(C)C1Cc2cc(-c3ccccc3)ccc2N1. The van der Waals surface area contributed by atoms with Crippen LogP contribution in [0.4, 0.5) is 5.69 Å². The van der Waals surface area contributed by atoms with E-state index in [-0.39, 0.29) is 0 Å². The minimum Gasteiger partial charge on any atom is -0.381 e. The average molecular weight is 251 g/mol. The Morgan fingerprint density at radius 2 is 1.68 bits per heavy atom. The van der Waals surface area contributed by atoms with Gasteiger partial charge in [-0.05, 0) is 40.7 Å². The van der Waals surface area contributed by atoms with Gasteiger partial charge in [0.25, 0.3) is 0 Å². The van der Waals surface area contributed by atoms with Crippen molar-refractivity contribution in [3.05, 3.63) is 54.1 Å². The van der Waals surface area contributed by atoms with Crippen molar-refractivity contribution in [2.45, 2.75) is 33.2 Å². The van der Waals surface area contributed by atoms with E-state index in [1.54, 1.807) is 0 Å². The molecule has 0 fully saturated rings. The fraction of sp³-hybridized carbons (Fsp3) is 0.333. The normalized spacial score (nSPS) is 17.9. The van der Waals surface area contributed by atoms with Crippen LogP contribution in [0, 0.1) is 5.41 Å². The second-order valence-electron chi connectivity index (χ2n) is 6.51. The summed E-state index contributed by atoms with van der Waals surface area (Å²) in [5.74, 6) is 0. The van der Waals surface area contributed by atoms with Gasteiger partial charge in [0.1, 0.15) is 0 Å². The van der Waals surface area contributed by atoms with Crippen molar-refractivity contribution < 1.29 is 0 Å². The van der Waals surface area contributed by atoms with Crippen molar-refractivity contribution in [2.24, 2.45) is 5.41 Å². The van der Waals surface area contributed by atoms with Crippen LogP contribution in [0.3, 0.4) is 0 Å². The molecule has 1 N–H and O–H groups in total. The Balaban J connectivity index is 1.92. The van der Waals surface area contributed by atoms with Crippen molar-refractivity contribution in [2.75, 3.05) is 5.32 Å². The lowest BCUT2D eigenvalue weighted by molar-refractivity contribution is 0.347. The van der Waals surface area contributed by atoms with Crippen LogP contribution in [0.1, 0.15) is 26.3 Å². The lowest BCUT2D eigenvalue weighted by Gasteiger charge is -2.27. The van der Waals surface area contributed by atoms with E-state index in [9.17, 15) is 0 Å². The third-order valence-electron chi connectivity index (χ3n) is 4.01. The molecule has 0 radical (unpaired) electrons. The number of hydrogen-bond acceptors (Lipinski definition) is 1. The van der Waals surface area contributed by atoms with Gasteiger partial charge in [-0.1, -0.05) is 57.2 Å². The van der Waals surface area contributed by atoms with Gasteiger partial charge >= 0.3 is 0 Å². The molecular weight excluding hydrogens is 230 g/mol. The van der Waals surface area contributed by atoms with E-state index >= 15 is 0 Å². The molecule has 0 saturated carbocycles. The smallest absolute Gasteiger partial charge is 0.0376 e. The second kappa shape index (κ2) is 4.41. The fourth-order valence-electron chi connectivity index (χ4n) is 2.69. The zero-order chi connectivity index (χ0) is 13.5. The summed E-state index contributed by atoms with van der Waals surface area (Å²) in [6.45, 7) is 6.90. The van der Waals surface area contributed by atoms with E-state index in [1.807, 2.05) is 0 Å². The van der Waals surface area contributed by atoms with Gasteiger partial charge in [-0.3, -0.25) is 0 Å². The molecule has 1 heterocycles. The van der Waals surface area contributed by atoms with Gasteiger partial charge in [0.05, 0.1) is 0 Å². The third-order valence-corrected chi connectivity index (χ3v) is 4.01. The van der Waals surface area contributed by atoms with E-state index in [0.717, 1.165) is 6.42 Å². The molecule has 1 nitrogen and oxygen atoms in total. The zero-order valence-corrected chi connectivity index (χ0v) is 11.9. The molecule has 1 atom stereocenters. The van der Waals surface area contributed by atoms with Gasteiger partial charge in [0, 0.05) is 11.7 Å². The van der Waals surface area contributed by atoms with Crippen molar-refractivity contribution in [1.82, 2.24) is 0 Å².